The molecule has 0 amide bonds. The topological polar surface area (TPSA) is 84.8 Å². The van der Waals surface area contributed by atoms with Crippen LogP contribution in [0.5, 0.6) is 0 Å². The van der Waals surface area contributed by atoms with Gasteiger partial charge in [0, 0.05) is 26.0 Å². The van der Waals surface area contributed by atoms with E-state index in [2.05, 4.69) is 26.7 Å². The Labute approximate surface area is 150 Å². The maximum atomic E-state index is 11.0. The number of nitrogens with one attached hydrogen (secondary N) is 1. The number of fused-ring (bicyclic) bond motifs is 1. The minimum absolute atomic E-state index is 0.125. The summed E-state index contributed by atoms with van der Waals surface area (Å²) >= 11 is 6.46. The third-order valence-electron chi connectivity index (χ3n) is 4.26. The molecule has 132 valence electrons. The molecule has 1 aliphatic rings. The van der Waals surface area contributed by atoms with Crippen molar-refractivity contribution < 1.29 is 9.90 Å². The van der Waals surface area contributed by atoms with Crippen LogP contribution >= 0.6 is 11.6 Å². The van der Waals surface area contributed by atoms with E-state index in [1.807, 2.05) is 12.1 Å². The fraction of sp³-hybridized carbons (Fsp3) is 0.353. The lowest BCUT2D eigenvalue weighted by molar-refractivity contribution is -0.132. The van der Waals surface area contributed by atoms with Crippen molar-refractivity contribution >= 4 is 47.0 Å². The van der Waals surface area contributed by atoms with Gasteiger partial charge in [-0.1, -0.05) is 11.6 Å². The van der Waals surface area contributed by atoms with Crippen LogP contribution in [0.15, 0.2) is 29.0 Å². The number of hydrogen-bond donors (Lipinski definition) is 2. The van der Waals surface area contributed by atoms with Crippen LogP contribution in [-0.2, 0) is 4.79 Å². The Morgan fingerprint density at radius 3 is 2.80 bits per heavy atom. The lowest BCUT2D eigenvalue weighted by Crippen LogP contribution is -2.29. The number of aromatic amines is 1. The molecule has 2 N–H and O–H groups in total. The smallest absolute Gasteiger partial charge is 0.332 e. The van der Waals surface area contributed by atoms with E-state index in [0.717, 1.165) is 42.7 Å². The van der Waals surface area contributed by atoms with Gasteiger partial charge in [-0.05, 0) is 38.3 Å². The Morgan fingerprint density at radius 2 is 2.16 bits per heavy atom. The molecule has 2 heterocycles. The summed E-state index contributed by atoms with van der Waals surface area (Å²) in [6, 6.07) is 3.80. The zero-order valence-electron chi connectivity index (χ0n) is 14.0. The van der Waals surface area contributed by atoms with Crippen molar-refractivity contribution in [2.45, 2.75) is 26.2 Å². The maximum absolute atomic E-state index is 11.0. The predicted octanol–water partition coefficient (Wildman–Crippen LogP) is 3.62. The van der Waals surface area contributed by atoms with Crippen molar-refractivity contribution in [2.24, 2.45) is 5.10 Å². The Hall–Kier alpha value is -2.54. The molecule has 3 rings (SSSR count). The van der Waals surface area contributed by atoms with E-state index in [4.69, 9.17) is 16.7 Å². The molecule has 1 aromatic carbocycles. The Morgan fingerprint density at radius 1 is 1.44 bits per heavy atom. The standard InChI is InChI=1S/C17H20ClN5O2/c1-11(16(24)25)10-23(19-2)17-20-13-8-12(18)15(9-14(13)21-17)22-6-4-3-5-7-22/h8-10H,2-7H2,1H3,(H,20,21)(H,24,25)/b11-10+. The summed E-state index contributed by atoms with van der Waals surface area (Å²) in [6.45, 7) is 6.93. The Balaban J connectivity index is 1.97. The van der Waals surface area contributed by atoms with Gasteiger partial charge in [-0.3, -0.25) is 0 Å². The first-order valence-corrected chi connectivity index (χ1v) is 8.49. The fourth-order valence-electron chi connectivity index (χ4n) is 2.90. The second-order valence-corrected chi connectivity index (χ2v) is 6.44. The number of carbonyl (C=O) groups is 1. The second kappa shape index (κ2) is 7.14. The minimum Gasteiger partial charge on any atom is -0.478 e. The largest absolute Gasteiger partial charge is 0.478 e. The number of H-pyrrole nitrogens is 1. The molecule has 7 nitrogen and oxygen atoms in total. The highest BCUT2D eigenvalue weighted by atomic mass is 35.5. The highest BCUT2D eigenvalue weighted by molar-refractivity contribution is 6.34. The van der Waals surface area contributed by atoms with Crippen molar-refractivity contribution in [3.05, 3.63) is 28.9 Å². The van der Waals surface area contributed by atoms with Crippen LogP contribution in [0.4, 0.5) is 11.6 Å². The van der Waals surface area contributed by atoms with Gasteiger partial charge >= 0.3 is 5.97 Å². The molecule has 0 radical (unpaired) electrons. The van der Waals surface area contributed by atoms with Gasteiger partial charge in [0.2, 0.25) is 5.95 Å². The number of imidazole rings is 1. The van der Waals surface area contributed by atoms with Crippen molar-refractivity contribution in [3.8, 4) is 0 Å². The molecule has 0 atom stereocenters. The van der Waals surface area contributed by atoms with E-state index in [1.165, 1.54) is 24.6 Å². The molecular formula is C17H20ClN5O2. The summed E-state index contributed by atoms with van der Waals surface area (Å²) in [7, 11) is 0. The third-order valence-corrected chi connectivity index (χ3v) is 4.56. The molecule has 0 bridgehead atoms. The molecule has 0 saturated carbocycles. The van der Waals surface area contributed by atoms with Gasteiger partial charge < -0.3 is 15.0 Å². The van der Waals surface area contributed by atoms with Gasteiger partial charge in [0.05, 0.1) is 27.3 Å². The van der Waals surface area contributed by atoms with Crippen molar-refractivity contribution in [3.63, 3.8) is 0 Å². The molecule has 0 unspecified atom stereocenters. The van der Waals surface area contributed by atoms with Gasteiger partial charge in [0.25, 0.3) is 0 Å². The molecule has 25 heavy (non-hydrogen) atoms. The fourth-order valence-corrected chi connectivity index (χ4v) is 3.18. The minimum atomic E-state index is -1.03. The quantitative estimate of drug-likeness (QED) is 0.482. The number of hydrogen-bond acceptors (Lipinski definition) is 5. The molecule has 0 spiro atoms. The number of halogens is 1. The number of aliphatic carboxylic acids is 1. The summed E-state index contributed by atoms with van der Waals surface area (Å²) in [5.74, 6) is -0.641. The first-order valence-electron chi connectivity index (χ1n) is 8.11. The number of piperidine rings is 1. The molecule has 1 fully saturated rings. The van der Waals surface area contributed by atoms with Crippen LogP contribution in [0, 0.1) is 0 Å². The van der Waals surface area contributed by atoms with E-state index >= 15 is 0 Å². The van der Waals surface area contributed by atoms with E-state index < -0.39 is 5.97 Å². The first-order chi connectivity index (χ1) is 12.0. The summed E-state index contributed by atoms with van der Waals surface area (Å²) in [5, 5.41) is 14.8. The molecule has 0 aliphatic carbocycles. The van der Waals surface area contributed by atoms with Crippen LogP contribution < -0.4 is 9.91 Å². The zero-order valence-corrected chi connectivity index (χ0v) is 14.8. The van der Waals surface area contributed by atoms with E-state index in [0.29, 0.717) is 11.0 Å². The summed E-state index contributed by atoms with van der Waals surface area (Å²) in [6.07, 6.45) is 4.93. The summed E-state index contributed by atoms with van der Waals surface area (Å²) < 4.78 is 0. The van der Waals surface area contributed by atoms with Gasteiger partial charge in [-0.15, -0.1) is 0 Å². The van der Waals surface area contributed by atoms with Gasteiger partial charge in [0.1, 0.15) is 0 Å². The lowest BCUT2D eigenvalue weighted by Gasteiger charge is -2.29. The normalized spacial score (nSPS) is 15.4. The molecule has 2 aromatic rings. The second-order valence-electron chi connectivity index (χ2n) is 6.03. The number of carboxylic acid groups (broad SMARTS) is 1. The average Bonchev–Trinajstić information content (AvgIpc) is 3.01. The number of hydrazone groups is 1. The SMILES string of the molecule is C=NN(/C=C(\C)C(=O)O)c1nc2cc(N3CCCCC3)c(Cl)cc2[nH]1. The van der Waals surface area contributed by atoms with Crippen molar-refractivity contribution in [2.75, 3.05) is 23.0 Å². The number of aromatic nitrogens is 2. The van der Waals surface area contributed by atoms with Crippen molar-refractivity contribution in [1.29, 1.82) is 0 Å². The number of carboxylic acids is 1. The van der Waals surface area contributed by atoms with Crippen LogP contribution in [0.25, 0.3) is 11.0 Å². The van der Waals surface area contributed by atoms with Crippen molar-refractivity contribution in [1.82, 2.24) is 9.97 Å². The molecular weight excluding hydrogens is 342 g/mol. The van der Waals surface area contributed by atoms with Gasteiger partial charge in [-0.25, -0.2) is 14.8 Å². The zero-order chi connectivity index (χ0) is 18.0. The van der Waals surface area contributed by atoms with E-state index in [-0.39, 0.29) is 5.57 Å². The van der Waals surface area contributed by atoms with Crippen LogP contribution in [0.1, 0.15) is 26.2 Å². The molecule has 1 aromatic heterocycles. The number of rotatable bonds is 5. The van der Waals surface area contributed by atoms with Crippen LogP contribution in [0.3, 0.4) is 0 Å². The summed E-state index contributed by atoms with van der Waals surface area (Å²) in [4.78, 5) is 20.9. The lowest BCUT2D eigenvalue weighted by atomic mass is 10.1. The molecule has 1 saturated heterocycles. The van der Waals surface area contributed by atoms with Gasteiger partial charge in [-0.2, -0.15) is 5.10 Å². The highest BCUT2D eigenvalue weighted by Gasteiger charge is 2.17. The Kier molecular flexibility index (Phi) is 4.94. The van der Waals surface area contributed by atoms with Gasteiger partial charge in [0.15, 0.2) is 0 Å². The molecule has 1 aliphatic heterocycles. The van der Waals surface area contributed by atoms with Crippen LogP contribution in [0.2, 0.25) is 5.02 Å². The first kappa shape index (κ1) is 17.3. The Bertz CT molecular complexity index is 839. The number of nitrogens with zero attached hydrogens (tertiary/aromatic N) is 4. The third kappa shape index (κ3) is 3.61. The monoisotopic (exact) mass is 361 g/mol. The number of benzene rings is 1. The number of anilines is 2. The average molecular weight is 362 g/mol. The van der Waals surface area contributed by atoms with E-state index in [9.17, 15) is 4.79 Å². The van der Waals surface area contributed by atoms with E-state index in [1.54, 1.807) is 0 Å². The maximum Gasteiger partial charge on any atom is 0.332 e. The predicted molar refractivity (Wildman–Crippen MR) is 101 cm³/mol. The summed E-state index contributed by atoms with van der Waals surface area (Å²) in [5.41, 5.74) is 2.60. The molecule has 8 heteroatoms. The highest BCUT2D eigenvalue weighted by Crippen LogP contribution is 2.33. The van der Waals surface area contributed by atoms with Crippen LogP contribution in [-0.4, -0.2) is 40.9 Å².